The lowest BCUT2D eigenvalue weighted by Gasteiger charge is -2.40. The van der Waals surface area contributed by atoms with Crippen LogP contribution in [0, 0.1) is 0 Å². The Labute approximate surface area is 154 Å². The number of rotatable bonds is 6. The first-order chi connectivity index (χ1) is 12.1. The van der Waals surface area contributed by atoms with E-state index in [1.807, 2.05) is 48.5 Å². The van der Waals surface area contributed by atoms with Crippen LogP contribution in [0.2, 0.25) is 5.02 Å². The lowest BCUT2D eigenvalue weighted by molar-refractivity contribution is 0.0925. The van der Waals surface area contributed by atoms with Crippen molar-refractivity contribution in [2.45, 2.75) is 20.0 Å². The Morgan fingerprint density at radius 2 is 1.76 bits per heavy atom. The maximum absolute atomic E-state index is 12.6. The molecule has 0 saturated carbocycles. The molecule has 5 heteroatoms. The molecule has 1 aliphatic heterocycles. The molecule has 132 valence electrons. The Bertz CT molecular complexity index is 728. The summed E-state index contributed by atoms with van der Waals surface area (Å²) in [4.78, 5) is 17.2. The fourth-order valence-electron chi connectivity index (χ4n) is 3.28. The average Bonchev–Trinajstić information content (AvgIpc) is 2.64. The number of halogens is 1. The fraction of sp³-hybridized carbons (Fsp3) is 0.350. The summed E-state index contributed by atoms with van der Waals surface area (Å²) in [6.07, 6.45) is -0.185. The number of nitrogens with zero attached hydrogens (tertiary/aromatic N) is 2. The summed E-state index contributed by atoms with van der Waals surface area (Å²) in [6, 6.07) is 15.5. The molecule has 0 aliphatic carbocycles. The molecule has 0 saturated heterocycles. The minimum Gasteiger partial charge on any atom is -0.345 e. The molecule has 4 nitrogen and oxygen atoms in total. The van der Waals surface area contributed by atoms with Crippen molar-refractivity contribution in [2.24, 2.45) is 0 Å². The SMILES string of the molecule is CCN(CC)CCN1c2ccccc2C(=O)N[C@@H]1c1ccc(Cl)cc1. The molecule has 2 aromatic rings. The van der Waals surface area contributed by atoms with Gasteiger partial charge in [0.1, 0.15) is 6.17 Å². The summed E-state index contributed by atoms with van der Waals surface area (Å²) in [6.45, 7) is 8.17. The first-order valence-corrected chi connectivity index (χ1v) is 9.16. The predicted molar refractivity (Wildman–Crippen MR) is 103 cm³/mol. The standard InChI is InChI=1S/C20H24ClN3O/c1-3-23(4-2)13-14-24-18-8-6-5-7-17(18)20(25)22-19(24)15-9-11-16(21)12-10-15/h5-12,19H,3-4,13-14H2,1-2H3,(H,22,25)/t19-/m0/s1. The molecule has 1 aliphatic rings. The molecule has 0 radical (unpaired) electrons. The van der Waals surface area contributed by atoms with Gasteiger partial charge < -0.3 is 15.1 Å². The monoisotopic (exact) mass is 357 g/mol. The molecule has 1 atom stereocenters. The molecule has 0 spiro atoms. The van der Waals surface area contributed by atoms with Gasteiger partial charge in [-0.3, -0.25) is 4.79 Å². The predicted octanol–water partition coefficient (Wildman–Crippen LogP) is 3.93. The van der Waals surface area contributed by atoms with E-state index in [1.165, 1.54) is 0 Å². The Hall–Kier alpha value is -2.04. The Kier molecular flexibility index (Phi) is 5.61. The van der Waals surface area contributed by atoms with Crippen molar-refractivity contribution in [3.63, 3.8) is 0 Å². The van der Waals surface area contributed by atoms with Gasteiger partial charge in [0.25, 0.3) is 5.91 Å². The lowest BCUT2D eigenvalue weighted by atomic mass is 10.0. The molecule has 0 bridgehead atoms. The highest BCUT2D eigenvalue weighted by molar-refractivity contribution is 6.30. The second kappa shape index (κ2) is 7.89. The number of nitrogens with one attached hydrogen (secondary N) is 1. The Balaban J connectivity index is 1.94. The second-order valence-corrected chi connectivity index (χ2v) is 6.60. The van der Waals surface area contributed by atoms with Crippen molar-refractivity contribution >= 4 is 23.2 Å². The zero-order valence-corrected chi connectivity index (χ0v) is 15.5. The highest BCUT2D eigenvalue weighted by Gasteiger charge is 2.31. The summed E-state index contributed by atoms with van der Waals surface area (Å²) >= 11 is 6.03. The van der Waals surface area contributed by atoms with Gasteiger partial charge in [0.2, 0.25) is 0 Å². The summed E-state index contributed by atoms with van der Waals surface area (Å²) in [7, 11) is 0. The van der Waals surface area contributed by atoms with Gasteiger partial charge in [-0.15, -0.1) is 0 Å². The summed E-state index contributed by atoms with van der Waals surface area (Å²) in [5.74, 6) is -0.0327. The third kappa shape index (κ3) is 3.80. The van der Waals surface area contributed by atoms with E-state index < -0.39 is 0 Å². The minimum absolute atomic E-state index is 0.0327. The molecule has 1 heterocycles. The number of hydrogen-bond acceptors (Lipinski definition) is 3. The van der Waals surface area contributed by atoms with E-state index in [-0.39, 0.29) is 12.1 Å². The van der Waals surface area contributed by atoms with Gasteiger partial charge in [-0.05, 0) is 42.9 Å². The summed E-state index contributed by atoms with van der Waals surface area (Å²) in [5.41, 5.74) is 2.75. The number of carbonyl (C=O) groups is 1. The van der Waals surface area contributed by atoms with Crippen molar-refractivity contribution in [1.82, 2.24) is 10.2 Å². The molecule has 1 N–H and O–H groups in total. The smallest absolute Gasteiger partial charge is 0.255 e. The highest BCUT2D eigenvalue weighted by Crippen LogP contribution is 2.33. The van der Waals surface area contributed by atoms with Crippen LogP contribution < -0.4 is 10.2 Å². The van der Waals surface area contributed by atoms with Gasteiger partial charge in [-0.25, -0.2) is 0 Å². The van der Waals surface area contributed by atoms with Crippen molar-refractivity contribution in [3.8, 4) is 0 Å². The van der Waals surface area contributed by atoms with Crippen molar-refractivity contribution in [3.05, 3.63) is 64.7 Å². The highest BCUT2D eigenvalue weighted by atomic mass is 35.5. The molecule has 1 amide bonds. The lowest BCUT2D eigenvalue weighted by Crippen LogP contribution is -2.49. The number of amides is 1. The largest absolute Gasteiger partial charge is 0.345 e. The molecule has 0 unspecified atom stereocenters. The third-order valence-corrected chi connectivity index (χ3v) is 5.03. The second-order valence-electron chi connectivity index (χ2n) is 6.16. The van der Waals surface area contributed by atoms with Crippen LogP contribution in [0.3, 0.4) is 0 Å². The van der Waals surface area contributed by atoms with Gasteiger partial charge in [-0.1, -0.05) is 49.7 Å². The van der Waals surface area contributed by atoms with Crippen LogP contribution in [0.25, 0.3) is 0 Å². The minimum atomic E-state index is -0.185. The van der Waals surface area contributed by atoms with E-state index in [2.05, 4.69) is 29.0 Å². The van der Waals surface area contributed by atoms with Gasteiger partial charge in [0, 0.05) is 18.1 Å². The van der Waals surface area contributed by atoms with Crippen LogP contribution in [-0.2, 0) is 0 Å². The van der Waals surface area contributed by atoms with Crippen LogP contribution in [0.1, 0.15) is 35.9 Å². The van der Waals surface area contributed by atoms with Crippen molar-refractivity contribution in [2.75, 3.05) is 31.1 Å². The molecule has 0 aromatic heterocycles. The van der Waals surface area contributed by atoms with Crippen LogP contribution in [0.4, 0.5) is 5.69 Å². The molecule has 25 heavy (non-hydrogen) atoms. The Morgan fingerprint density at radius 1 is 1.08 bits per heavy atom. The van der Waals surface area contributed by atoms with E-state index in [1.54, 1.807) is 0 Å². The summed E-state index contributed by atoms with van der Waals surface area (Å²) < 4.78 is 0. The average molecular weight is 358 g/mol. The van der Waals surface area contributed by atoms with Gasteiger partial charge in [0.05, 0.1) is 11.3 Å². The first-order valence-electron chi connectivity index (χ1n) is 8.78. The first kappa shape index (κ1) is 17.8. The molecule has 0 fully saturated rings. The number of fused-ring (bicyclic) bond motifs is 1. The fourth-order valence-corrected chi connectivity index (χ4v) is 3.41. The van der Waals surface area contributed by atoms with Crippen LogP contribution in [0.15, 0.2) is 48.5 Å². The van der Waals surface area contributed by atoms with Gasteiger partial charge >= 0.3 is 0 Å². The molecule has 2 aromatic carbocycles. The molecular weight excluding hydrogens is 334 g/mol. The normalized spacial score (nSPS) is 16.7. The Morgan fingerprint density at radius 3 is 2.44 bits per heavy atom. The quantitative estimate of drug-likeness (QED) is 0.850. The maximum Gasteiger partial charge on any atom is 0.255 e. The van der Waals surface area contributed by atoms with Gasteiger partial charge in [-0.2, -0.15) is 0 Å². The van der Waals surface area contributed by atoms with E-state index in [0.29, 0.717) is 5.02 Å². The van der Waals surface area contributed by atoms with E-state index in [4.69, 9.17) is 11.6 Å². The van der Waals surface area contributed by atoms with Crippen molar-refractivity contribution in [1.29, 1.82) is 0 Å². The van der Waals surface area contributed by atoms with E-state index in [9.17, 15) is 4.79 Å². The topological polar surface area (TPSA) is 35.6 Å². The molecular formula is C20H24ClN3O. The number of para-hydroxylation sites is 1. The number of anilines is 1. The number of carbonyl (C=O) groups excluding carboxylic acids is 1. The van der Waals surface area contributed by atoms with E-state index >= 15 is 0 Å². The van der Waals surface area contributed by atoms with E-state index in [0.717, 1.165) is 43.0 Å². The maximum atomic E-state index is 12.6. The van der Waals surface area contributed by atoms with Crippen LogP contribution in [-0.4, -0.2) is 37.0 Å². The molecule has 3 rings (SSSR count). The van der Waals surface area contributed by atoms with Gasteiger partial charge in [0.15, 0.2) is 0 Å². The number of hydrogen-bond donors (Lipinski definition) is 1. The zero-order valence-electron chi connectivity index (χ0n) is 14.7. The number of benzene rings is 2. The zero-order chi connectivity index (χ0) is 17.8. The number of likely N-dealkylation sites (N-methyl/N-ethyl adjacent to an activating group) is 1. The van der Waals surface area contributed by atoms with Crippen molar-refractivity contribution < 1.29 is 4.79 Å². The third-order valence-electron chi connectivity index (χ3n) is 4.77. The van der Waals surface area contributed by atoms with Crippen LogP contribution >= 0.6 is 11.6 Å². The van der Waals surface area contributed by atoms with Crippen LogP contribution in [0.5, 0.6) is 0 Å². The summed E-state index contributed by atoms with van der Waals surface area (Å²) in [5, 5.41) is 3.84.